The molecule has 0 saturated carbocycles. The number of hydrogen-bond acceptors (Lipinski definition) is 2. The summed E-state index contributed by atoms with van der Waals surface area (Å²) in [7, 11) is 0. The molecule has 0 spiro atoms. The summed E-state index contributed by atoms with van der Waals surface area (Å²) in [6.45, 7) is 5.71. The van der Waals surface area contributed by atoms with Crippen LogP contribution >= 0.6 is 35.6 Å². The molecule has 0 bridgehead atoms. The first-order chi connectivity index (χ1) is 11.3. The summed E-state index contributed by atoms with van der Waals surface area (Å²) in [5.74, 6) is 1.21. The third kappa shape index (κ3) is 6.08. The van der Waals surface area contributed by atoms with Gasteiger partial charge in [-0.05, 0) is 36.8 Å². The van der Waals surface area contributed by atoms with Gasteiger partial charge in [0.15, 0.2) is 0 Å². The van der Waals surface area contributed by atoms with Gasteiger partial charge >= 0.3 is 0 Å². The number of halogens is 3. The third-order valence-electron chi connectivity index (χ3n) is 3.89. The first kappa shape index (κ1) is 21.0. The molecule has 0 heterocycles. The molecule has 0 amide bonds. The Morgan fingerprint density at radius 2 is 1.29 bits per heavy atom. The van der Waals surface area contributed by atoms with E-state index in [0.29, 0.717) is 11.8 Å². The molecule has 0 aliphatic carbocycles. The number of rotatable bonds is 9. The maximum Gasteiger partial charge on any atom is 0.0429 e. The number of nitrogens with zero attached hydrogens (tertiary/aromatic N) is 2. The minimum absolute atomic E-state index is 0. The molecule has 0 fully saturated rings. The lowest BCUT2D eigenvalue weighted by Gasteiger charge is -2.25. The van der Waals surface area contributed by atoms with Crippen LogP contribution in [-0.4, -0.2) is 31.4 Å². The zero-order valence-corrected chi connectivity index (χ0v) is 16.3. The largest absolute Gasteiger partial charge is 0.369 e. The van der Waals surface area contributed by atoms with Crippen LogP contribution in [0.15, 0.2) is 54.6 Å². The Kier molecular flexibility index (Phi) is 10.0. The van der Waals surface area contributed by atoms with Gasteiger partial charge in [-0.3, -0.25) is 0 Å². The SMILES string of the molecule is CCN(Cc1ccc(N(CCCl)CCCl)cc1)c1ccccc1.Cl. The fourth-order valence-electron chi connectivity index (χ4n) is 2.63. The normalized spacial score (nSPS) is 10.1. The van der Waals surface area contributed by atoms with Crippen molar-refractivity contribution in [3.8, 4) is 0 Å². The highest BCUT2D eigenvalue weighted by Gasteiger charge is 2.07. The van der Waals surface area contributed by atoms with E-state index in [2.05, 4.69) is 71.3 Å². The van der Waals surface area contributed by atoms with Gasteiger partial charge < -0.3 is 9.80 Å². The van der Waals surface area contributed by atoms with Gasteiger partial charge in [0.1, 0.15) is 0 Å². The van der Waals surface area contributed by atoms with Crippen molar-refractivity contribution >= 4 is 47.0 Å². The van der Waals surface area contributed by atoms with Crippen molar-refractivity contribution in [3.63, 3.8) is 0 Å². The van der Waals surface area contributed by atoms with Crippen LogP contribution in [0, 0.1) is 0 Å². The molecular formula is C19H25Cl3N2. The van der Waals surface area contributed by atoms with E-state index in [1.165, 1.54) is 16.9 Å². The van der Waals surface area contributed by atoms with Crippen molar-refractivity contribution in [1.29, 1.82) is 0 Å². The average Bonchev–Trinajstić information content (AvgIpc) is 2.61. The zero-order valence-electron chi connectivity index (χ0n) is 14.0. The summed E-state index contributed by atoms with van der Waals surface area (Å²) in [6.07, 6.45) is 0. The molecule has 2 aromatic rings. The fourth-order valence-corrected chi connectivity index (χ4v) is 3.04. The molecule has 0 unspecified atom stereocenters. The Morgan fingerprint density at radius 3 is 1.79 bits per heavy atom. The van der Waals surface area contributed by atoms with Gasteiger partial charge in [-0.2, -0.15) is 0 Å². The fraction of sp³-hybridized carbons (Fsp3) is 0.368. The molecule has 132 valence electrons. The highest BCUT2D eigenvalue weighted by Crippen LogP contribution is 2.19. The van der Waals surface area contributed by atoms with Gasteiger partial charge in [-0.25, -0.2) is 0 Å². The molecular weight excluding hydrogens is 363 g/mol. The van der Waals surface area contributed by atoms with E-state index in [9.17, 15) is 0 Å². The molecule has 0 atom stereocenters. The van der Waals surface area contributed by atoms with Gasteiger partial charge in [0.25, 0.3) is 0 Å². The standard InChI is InChI=1S/C19H24Cl2N2.ClH/c1-2-22(18-6-4-3-5-7-18)16-17-8-10-19(11-9-17)23(14-12-20)15-13-21;/h3-11H,2,12-16H2,1H3;1H. The van der Waals surface area contributed by atoms with Crippen molar-refractivity contribution in [2.24, 2.45) is 0 Å². The lowest BCUT2D eigenvalue weighted by atomic mass is 10.1. The van der Waals surface area contributed by atoms with E-state index in [4.69, 9.17) is 23.2 Å². The Hall–Kier alpha value is -1.09. The second-order valence-corrected chi connectivity index (χ2v) is 6.14. The van der Waals surface area contributed by atoms with Crippen LogP contribution in [0.4, 0.5) is 11.4 Å². The molecule has 2 nitrogen and oxygen atoms in total. The minimum atomic E-state index is 0. The van der Waals surface area contributed by atoms with E-state index < -0.39 is 0 Å². The number of anilines is 2. The maximum atomic E-state index is 5.88. The Balaban J connectivity index is 0.00000288. The molecule has 0 aliphatic heterocycles. The lowest BCUT2D eigenvalue weighted by molar-refractivity contribution is 0.830. The summed E-state index contributed by atoms with van der Waals surface area (Å²) in [5, 5.41) is 0. The van der Waals surface area contributed by atoms with Crippen LogP contribution in [0.2, 0.25) is 0 Å². The van der Waals surface area contributed by atoms with Crippen LogP contribution in [0.1, 0.15) is 12.5 Å². The van der Waals surface area contributed by atoms with Crippen molar-refractivity contribution in [2.45, 2.75) is 13.5 Å². The zero-order chi connectivity index (χ0) is 16.5. The van der Waals surface area contributed by atoms with Crippen LogP contribution in [0.3, 0.4) is 0 Å². The molecule has 0 aromatic heterocycles. The van der Waals surface area contributed by atoms with Crippen LogP contribution in [-0.2, 0) is 6.54 Å². The molecule has 0 saturated heterocycles. The smallest absolute Gasteiger partial charge is 0.0429 e. The first-order valence-electron chi connectivity index (χ1n) is 8.04. The predicted molar refractivity (Wildman–Crippen MR) is 111 cm³/mol. The monoisotopic (exact) mass is 386 g/mol. The predicted octanol–water partition coefficient (Wildman–Crippen LogP) is 5.42. The van der Waals surface area contributed by atoms with Crippen molar-refractivity contribution in [1.82, 2.24) is 0 Å². The van der Waals surface area contributed by atoms with E-state index in [1.807, 2.05) is 0 Å². The van der Waals surface area contributed by atoms with Gasteiger partial charge in [-0.1, -0.05) is 30.3 Å². The molecule has 0 radical (unpaired) electrons. The van der Waals surface area contributed by atoms with E-state index >= 15 is 0 Å². The summed E-state index contributed by atoms with van der Waals surface area (Å²) in [6, 6.07) is 19.2. The summed E-state index contributed by atoms with van der Waals surface area (Å²) in [4.78, 5) is 4.59. The Morgan fingerprint density at radius 1 is 0.750 bits per heavy atom. The van der Waals surface area contributed by atoms with E-state index in [1.54, 1.807) is 0 Å². The molecule has 2 rings (SSSR count). The summed E-state index contributed by atoms with van der Waals surface area (Å²) in [5.41, 5.74) is 3.74. The lowest BCUT2D eigenvalue weighted by Crippen LogP contribution is -2.27. The van der Waals surface area contributed by atoms with Crippen molar-refractivity contribution < 1.29 is 0 Å². The van der Waals surface area contributed by atoms with Gasteiger partial charge in [0, 0.05) is 49.3 Å². The summed E-state index contributed by atoms with van der Waals surface area (Å²) >= 11 is 11.8. The highest BCUT2D eigenvalue weighted by atomic mass is 35.5. The molecule has 2 aromatic carbocycles. The second-order valence-electron chi connectivity index (χ2n) is 5.38. The third-order valence-corrected chi connectivity index (χ3v) is 4.22. The van der Waals surface area contributed by atoms with Crippen molar-refractivity contribution in [2.75, 3.05) is 41.2 Å². The molecule has 24 heavy (non-hydrogen) atoms. The van der Waals surface area contributed by atoms with Crippen LogP contribution in [0.5, 0.6) is 0 Å². The minimum Gasteiger partial charge on any atom is -0.369 e. The molecule has 5 heteroatoms. The van der Waals surface area contributed by atoms with Crippen LogP contribution < -0.4 is 9.80 Å². The number of hydrogen-bond donors (Lipinski definition) is 0. The maximum absolute atomic E-state index is 5.88. The van der Waals surface area contributed by atoms with E-state index in [-0.39, 0.29) is 12.4 Å². The van der Waals surface area contributed by atoms with Crippen LogP contribution in [0.25, 0.3) is 0 Å². The Labute approximate surface area is 161 Å². The second kappa shape index (κ2) is 11.5. The van der Waals surface area contributed by atoms with Gasteiger partial charge in [-0.15, -0.1) is 35.6 Å². The van der Waals surface area contributed by atoms with Crippen molar-refractivity contribution in [3.05, 3.63) is 60.2 Å². The average molecular weight is 388 g/mol. The highest BCUT2D eigenvalue weighted by molar-refractivity contribution is 6.18. The summed E-state index contributed by atoms with van der Waals surface area (Å²) < 4.78 is 0. The number of benzene rings is 2. The van der Waals surface area contributed by atoms with Gasteiger partial charge in [0.2, 0.25) is 0 Å². The molecule has 0 N–H and O–H groups in total. The number of alkyl halides is 2. The number of para-hydroxylation sites is 1. The molecule has 0 aliphatic rings. The van der Waals surface area contributed by atoms with Gasteiger partial charge in [0.05, 0.1) is 0 Å². The quantitative estimate of drug-likeness (QED) is 0.530. The van der Waals surface area contributed by atoms with E-state index in [0.717, 1.165) is 26.2 Å². The first-order valence-corrected chi connectivity index (χ1v) is 9.11. The topological polar surface area (TPSA) is 6.48 Å². The Bertz CT molecular complexity index is 555.